The number of methoxy groups -OCH3 is 2. The molecule has 0 aliphatic carbocycles. The van der Waals surface area contributed by atoms with Gasteiger partial charge in [0.15, 0.2) is 0 Å². The molecular formula is C22H26N2O2S2. The van der Waals surface area contributed by atoms with Crippen LogP contribution in [-0.2, 0) is 0 Å². The van der Waals surface area contributed by atoms with Gasteiger partial charge in [0.05, 0.1) is 25.6 Å². The van der Waals surface area contributed by atoms with Crippen LogP contribution in [0.2, 0.25) is 0 Å². The van der Waals surface area contributed by atoms with E-state index < -0.39 is 0 Å². The van der Waals surface area contributed by atoms with Gasteiger partial charge in [-0.3, -0.25) is 0 Å². The Balaban J connectivity index is 2.05. The zero-order chi connectivity index (χ0) is 20.3. The molecule has 0 spiro atoms. The molecule has 1 heterocycles. The van der Waals surface area contributed by atoms with Crippen molar-refractivity contribution < 1.29 is 9.47 Å². The smallest absolute Gasteiger partial charge is 0.129 e. The first-order valence-electron chi connectivity index (χ1n) is 9.16. The number of hydrogen-bond acceptors (Lipinski definition) is 6. The van der Waals surface area contributed by atoms with Crippen molar-refractivity contribution in [2.24, 2.45) is 9.98 Å². The Morgan fingerprint density at radius 2 is 0.964 bits per heavy atom. The molecule has 0 saturated carbocycles. The summed E-state index contributed by atoms with van der Waals surface area (Å²) in [5.74, 6) is 3.81. The average molecular weight is 415 g/mol. The van der Waals surface area contributed by atoms with Crippen molar-refractivity contribution in [3.05, 3.63) is 46.5 Å². The van der Waals surface area contributed by atoms with Crippen molar-refractivity contribution in [2.45, 2.75) is 27.7 Å². The van der Waals surface area contributed by atoms with E-state index in [1.807, 2.05) is 24.3 Å². The Hall–Kier alpha value is -1.92. The van der Waals surface area contributed by atoms with E-state index in [-0.39, 0.29) is 0 Å². The predicted octanol–water partition coefficient (Wildman–Crippen LogP) is 6.18. The van der Waals surface area contributed by atoms with E-state index in [0.29, 0.717) is 0 Å². The fourth-order valence-corrected chi connectivity index (χ4v) is 5.24. The van der Waals surface area contributed by atoms with Gasteiger partial charge in [-0.25, -0.2) is 9.98 Å². The molecule has 0 bridgehead atoms. The predicted molar refractivity (Wildman–Crippen MR) is 124 cm³/mol. The van der Waals surface area contributed by atoms with Gasteiger partial charge in [0.25, 0.3) is 0 Å². The third-order valence-corrected chi connectivity index (χ3v) is 6.89. The molecule has 28 heavy (non-hydrogen) atoms. The van der Waals surface area contributed by atoms with Gasteiger partial charge >= 0.3 is 0 Å². The van der Waals surface area contributed by atoms with Crippen molar-refractivity contribution >= 4 is 45.0 Å². The van der Waals surface area contributed by atoms with Crippen molar-refractivity contribution in [3.8, 4) is 11.5 Å². The van der Waals surface area contributed by atoms with Gasteiger partial charge in [-0.1, -0.05) is 0 Å². The highest BCUT2D eigenvalue weighted by atomic mass is 32.2. The number of rotatable bonds is 4. The van der Waals surface area contributed by atoms with E-state index in [2.05, 4.69) is 27.7 Å². The Kier molecular flexibility index (Phi) is 6.73. The molecule has 1 fully saturated rings. The summed E-state index contributed by atoms with van der Waals surface area (Å²) in [4.78, 5) is 10.0. The zero-order valence-corrected chi connectivity index (χ0v) is 18.9. The van der Waals surface area contributed by atoms with Gasteiger partial charge in [-0.2, -0.15) is 0 Å². The quantitative estimate of drug-likeness (QED) is 0.599. The number of hydrogen-bond donors (Lipinski definition) is 0. The maximum absolute atomic E-state index is 5.37. The minimum Gasteiger partial charge on any atom is -0.497 e. The molecule has 1 aliphatic rings. The molecule has 6 heteroatoms. The Morgan fingerprint density at radius 3 is 1.25 bits per heavy atom. The first-order chi connectivity index (χ1) is 13.4. The van der Waals surface area contributed by atoms with Crippen molar-refractivity contribution in [1.29, 1.82) is 0 Å². The van der Waals surface area contributed by atoms with Crippen LogP contribution in [0, 0.1) is 27.7 Å². The highest BCUT2D eigenvalue weighted by molar-refractivity contribution is 8.27. The fourth-order valence-electron chi connectivity index (χ4n) is 3.18. The molecule has 2 aromatic carbocycles. The molecule has 0 amide bonds. The highest BCUT2D eigenvalue weighted by Crippen LogP contribution is 2.35. The van der Waals surface area contributed by atoms with Gasteiger partial charge in [-0.15, -0.1) is 23.5 Å². The molecule has 0 N–H and O–H groups in total. The van der Waals surface area contributed by atoms with Crippen LogP contribution in [0.15, 0.2) is 34.3 Å². The molecule has 1 saturated heterocycles. The molecule has 1 aliphatic heterocycles. The van der Waals surface area contributed by atoms with E-state index in [9.17, 15) is 0 Å². The molecule has 0 atom stereocenters. The molecule has 3 rings (SSSR count). The lowest BCUT2D eigenvalue weighted by Crippen LogP contribution is -2.14. The third-order valence-electron chi connectivity index (χ3n) is 4.57. The Morgan fingerprint density at radius 1 is 0.643 bits per heavy atom. The minimum absolute atomic E-state index is 0.864. The van der Waals surface area contributed by atoms with Gasteiger partial charge in [0.1, 0.15) is 21.6 Å². The number of benzene rings is 2. The van der Waals surface area contributed by atoms with Crippen LogP contribution in [0.1, 0.15) is 22.3 Å². The normalized spacial score (nSPS) is 17.2. The fraction of sp³-hybridized carbons (Fsp3) is 0.364. The van der Waals surface area contributed by atoms with E-state index >= 15 is 0 Å². The molecule has 148 valence electrons. The van der Waals surface area contributed by atoms with Gasteiger partial charge in [0, 0.05) is 11.5 Å². The van der Waals surface area contributed by atoms with Crippen LogP contribution in [0.5, 0.6) is 11.5 Å². The van der Waals surface area contributed by atoms with Crippen LogP contribution in [-0.4, -0.2) is 35.8 Å². The SMILES string of the molecule is COc1cc(C)c(N=C2SCCSC2=Nc2c(C)cc(OC)cc2C)c(C)c1. The van der Waals surface area contributed by atoms with Gasteiger partial charge in [-0.05, 0) is 74.2 Å². The van der Waals surface area contributed by atoms with E-state index in [0.717, 1.165) is 66.7 Å². The summed E-state index contributed by atoms with van der Waals surface area (Å²) >= 11 is 3.55. The number of thioether (sulfide) groups is 2. The molecule has 0 unspecified atom stereocenters. The largest absolute Gasteiger partial charge is 0.497 e. The Labute approximate surface area is 175 Å². The summed E-state index contributed by atoms with van der Waals surface area (Å²) in [5, 5.41) is 1.98. The summed E-state index contributed by atoms with van der Waals surface area (Å²) < 4.78 is 10.7. The first-order valence-corrected chi connectivity index (χ1v) is 11.1. The van der Waals surface area contributed by atoms with Crippen molar-refractivity contribution in [2.75, 3.05) is 25.7 Å². The van der Waals surface area contributed by atoms with Crippen LogP contribution in [0.25, 0.3) is 0 Å². The number of ether oxygens (including phenoxy) is 2. The lowest BCUT2D eigenvalue weighted by atomic mass is 10.1. The van der Waals surface area contributed by atoms with Crippen molar-refractivity contribution in [1.82, 2.24) is 0 Å². The maximum atomic E-state index is 5.37. The zero-order valence-electron chi connectivity index (χ0n) is 17.3. The molecule has 4 nitrogen and oxygen atoms in total. The lowest BCUT2D eigenvalue weighted by molar-refractivity contribution is 0.414. The van der Waals surface area contributed by atoms with Gasteiger partial charge in [0.2, 0.25) is 0 Å². The molecule has 0 aromatic heterocycles. The number of aliphatic imine (C=N–C) groups is 2. The second-order valence-electron chi connectivity index (χ2n) is 6.75. The second-order valence-corrected chi connectivity index (χ2v) is 8.92. The van der Waals surface area contributed by atoms with Crippen LogP contribution < -0.4 is 9.47 Å². The minimum atomic E-state index is 0.864. The monoisotopic (exact) mass is 414 g/mol. The molecule has 0 radical (unpaired) electrons. The first kappa shape index (κ1) is 20.8. The summed E-state index contributed by atoms with van der Waals surface area (Å²) in [6.45, 7) is 8.29. The summed E-state index contributed by atoms with van der Waals surface area (Å²) in [7, 11) is 3.38. The lowest BCUT2D eigenvalue weighted by Gasteiger charge is -2.17. The summed E-state index contributed by atoms with van der Waals surface area (Å²) in [6, 6.07) is 8.12. The van der Waals surface area contributed by atoms with E-state index in [1.165, 1.54) is 0 Å². The molecule has 2 aromatic rings. The standard InChI is InChI=1S/C22H26N2O2S2/c1-13-9-17(25-5)10-14(2)19(13)23-21-22(28-8-7-27-21)24-20-15(3)11-18(26-6)12-16(20)4/h9-12H,7-8H2,1-6H3. The van der Waals surface area contributed by atoms with Crippen molar-refractivity contribution in [3.63, 3.8) is 0 Å². The number of aryl methyl sites for hydroxylation is 4. The summed E-state index contributed by atoms with van der Waals surface area (Å²) in [6.07, 6.45) is 0. The summed E-state index contributed by atoms with van der Waals surface area (Å²) in [5.41, 5.74) is 6.44. The van der Waals surface area contributed by atoms with E-state index in [1.54, 1.807) is 37.7 Å². The average Bonchev–Trinajstić information content (AvgIpc) is 2.68. The number of nitrogens with zero attached hydrogens (tertiary/aromatic N) is 2. The van der Waals surface area contributed by atoms with Crippen LogP contribution >= 0.6 is 23.5 Å². The second kappa shape index (κ2) is 9.05. The molecular weight excluding hydrogens is 388 g/mol. The highest BCUT2D eigenvalue weighted by Gasteiger charge is 2.19. The Bertz CT molecular complexity index is 828. The maximum Gasteiger partial charge on any atom is 0.129 e. The van der Waals surface area contributed by atoms with Gasteiger partial charge < -0.3 is 9.47 Å². The van der Waals surface area contributed by atoms with E-state index in [4.69, 9.17) is 19.5 Å². The topological polar surface area (TPSA) is 43.2 Å². The van der Waals surface area contributed by atoms with Crippen LogP contribution in [0.4, 0.5) is 11.4 Å². The third kappa shape index (κ3) is 4.55. The van der Waals surface area contributed by atoms with Crippen LogP contribution in [0.3, 0.4) is 0 Å².